The molecule has 0 amide bonds. The molecule has 0 aromatic rings. The number of sulfonamides is 1. The first kappa shape index (κ1) is 17.4. The lowest BCUT2D eigenvalue weighted by Gasteiger charge is -2.37. The first-order valence-corrected chi connectivity index (χ1v) is 10.1. The van der Waals surface area contributed by atoms with Gasteiger partial charge in [0.25, 0.3) is 0 Å². The van der Waals surface area contributed by atoms with Gasteiger partial charge in [0.1, 0.15) is 9.84 Å². The summed E-state index contributed by atoms with van der Waals surface area (Å²) in [5.41, 5.74) is -0.858. The molecular weight excluding hydrogens is 306 g/mol. The third-order valence-corrected chi connectivity index (χ3v) is 6.99. The van der Waals surface area contributed by atoms with Crippen molar-refractivity contribution >= 4 is 25.8 Å². The first-order chi connectivity index (χ1) is 9.02. The second kappa shape index (κ2) is 5.98. The maximum Gasteiger partial charge on any atom is 0.309 e. The van der Waals surface area contributed by atoms with Crippen molar-refractivity contribution < 1.29 is 26.7 Å². The van der Waals surface area contributed by atoms with E-state index < -0.39 is 42.8 Å². The lowest BCUT2D eigenvalue weighted by molar-refractivity contribution is -0.151. The van der Waals surface area contributed by atoms with E-state index in [-0.39, 0.29) is 25.9 Å². The van der Waals surface area contributed by atoms with Crippen molar-refractivity contribution in [2.45, 2.75) is 26.2 Å². The minimum atomic E-state index is -3.64. The van der Waals surface area contributed by atoms with Crippen molar-refractivity contribution in [3.63, 3.8) is 0 Å². The van der Waals surface area contributed by atoms with Crippen LogP contribution in [0.25, 0.3) is 0 Å². The quantitative estimate of drug-likeness (QED) is 0.732. The number of carbonyl (C=O) groups is 1. The van der Waals surface area contributed by atoms with Gasteiger partial charge in [0.05, 0.1) is 16.9 Å². The molecule has 1 fully saturated rings. The van der Waals surface area contributed by atoms with E-state index >= 15 is 0 Å². The molecular formula is C11H21NO6S2. The fraction of sp³-hybridized carbons (Fsp3) is 0.909. The van der Waals surface area contributed by atoms with E-state index in [1.165, 1.54) is 4.31 Å². The van der Waals surface area contributed by atoms with Crippen LogP contribution in [0.5, 0.6) is 0 Å². The zero-order valence-electron chi connectivity index (χ0n) is 11.7. The van der Waals surface area contributed by atoms with E-state index in [9.17, 15) is 26.7 Å². The fourth-order valence-corrected chi connectivity index (χ4v) is 5.35. The zero-order chi connectivity index (χ0) is 15.6. The third-order valence-electron chi connectivity index (χ3n) is 3.92. The van der Waals surface area contributed by atoms with Gasteiger partial charge >= 0.3 is 5.97 Å². The van der Waals surface area contributed by atoms with Crippen LogP contribution in [0.2, 0.25) is 0 Å². The summed E-state index contributed by atoms with van der Waals surface area (Å²) in [4.78, 5) is 11.3. The van der Waals surface area contributed by atoms with E-state index in [4.69, 9.17) is 0 Å². The predicted octanol–water partition coefficient (Wildman–Crippen LogP) is -0.0624. The summed E-state index contributed by atoms with van der Waals surface area (Å²) in [5.74, 6) is -1.75. The SMILES string of the molecule is CCC1(C(=O)O)CCN(S(=O)(=O)CCS(C)(=O)=O)CC1. The first-order valence-electron chi connectivity index (χ1n) is 6.41. The molecule has 0 aromatic carbocycles. The fourth-order valence-electron chi connectivity index (χ4n) is 2.30. The minimum absolute atomic E-state index is 0.131. The summed E-state index contributed by atoms with van der Waals surface area (Å²) in [5, 5.41) is 9.24. The van der Waals surface area contributed by atoms with E-state index in [1.807, 2.05) is 0 Å². The molecule has 1 aliphatic rings. The van der Waals surface area contributed by atoms with Crippen molar-refractivity contribution in [3.05, 3.63) is 0 Å². The Balaban J connectivity index is 2.71. The number of carboxylic acids is 1. The molecule has 0 unspecified atom stereocenters. The Morgan fingerprint density at radius 3 is 2.00 bits per heavy atom. The highest BCUT2D eigenvalue weighted by atomic mass is 32.2. The van der Waals surface area contributed by atoms with Crippen molar-refractivity contribution in [2.75, 3.05) is 30.9 Å². The van der Waals surface area contributed by atoms with Crippen LogP contribution in [0.3, 0.4) is 0 Å². The highest BCUT2D eigenvalue weighted by molar-refractivity contribution is 7.93. The standard InChI is InChI=1S/C11H21NO6S2/c1-3-11(10(13)14)4-6-12(7-5-11)20(17,18)9-8-19(2,15)16/h3-9H2,1-2H3,(H,13,14). The van der Waals surface area contributed by atoms with E-state index in [0.29, 0.717) is 6.42 Å². The Morgan fingerprint density at radius 1 is 1.15 bits per heavy atom. The molecule has 1 rings (SSSR count). The van der Waals surface area contributed by atoms with Gasteiger partial charge in [-0.3, -0.25) is 4.79 Å². The Bertz CT molecular complexity index is 558. The number of carboxylic acid groups (broad SMARTS) is 1. The molecule has 7 nitrogen and oxygen atoms in total. The molecule has 20 heavy (non-hydrogen) atoms. The smallest absolute Gasteiger partial charge is 0.309 e. The zero-order valence-corrected chi connectivity index (χ0v) is 13.3. The summed E-state index contributed by atoms with van der Waals surface area (Å²) in [6.45, 7) is 2.04. The van der Waals surface area contributed by atoms with Crippen molar-refractivity contribution in [3.8, 4) is 0 Å². The van der Waals surface area contributed by atoms with Crippen LogP contribution in [0, 0.1) is 5.41 Å². The highest BCUT2D eigenvalue weighted by Crippen LogP contribution is 2.35. The molecule has 0 aromatic heterocycles. The lowest BCUT2D eigenvalue weighted by atomic mass is 9.77. The molecule has 0 atom stereocenters. The molecule has 1 N–H and O–H groups in total. The molecule has 0 saturated carbocycles. The van der Waals surface area contributed by atoms with Gasteiger partial charge in [-0.25, -0.2) is 21.1 Å². The number of aliphatic carboxylic acids is 1. The van der Waals surface area contributed by atoms with Gasteiger partial charge in [0, 0.05) is 19.3 Å². The minimum Gasteiger partial charge on any atom is -0.481 e. The van der Waals surface area contributed by atoms with Gasteiger partial charge in [-0.15, -0.1) is 0 Å². The van der Waals surface area contributed by atoms with Gasteiger partial charge in [0.2, 0.25) is 10.0 Å². The van der Waals surface area contributed by atoms with E-state index in [0.717, 1.165) is 6.26 Å². The summed E-state index contributed by atoms with van der Waals surface area (Å²) in [6, 6.07) is 0. The summed E-state index contributed by atoms with van der Waals surface area (Å²) in [6.07, 6.45) is 1.97. The van der Waals surface area contributed by atoms with Gasteiger partial charge in [0.15, 0.2) is 0 Å². The number of sulfone groups is 1. The molecule has 0 aliphatic carbocycles. The van der Waals surface area contributed by atoms with Crippen LogP contribution in [-0.4, -0.2) is 63.1 Å². The van der Waals surface area contributed by atoms with Gasteiger partial charge < -0.3 is 5.11 Å². The molecule has 0 bridgehead atoms. The molecule has 1 heterocycles. The maximum absolute atomic E-state index is 12.0. The van der Waals surface area contributed by atoms with Crippen LogP contribution in [0.15, 0.2) is 0 Å². The van der Waals surface area contributed by atoms with Gasteiger partial charge in [-0.2, -0.15) is 0 Å². The third kappa shape index (κ3) is 4.16. The van der Waals surface area contributed by atoms with Crippen LogP contribution in [-0.2, 0) is 24.7 Å². The Kier molecular flexibility index (Phi) is 5.20. The molecule has 0 radical (unpaired) electrons. The summed E-state index contributed by atoms with van der Waals surface area (Å²) >= 11 is 0. The van der Waals surface area contributed by atoms with Crippen LogP contribution < -0.4 is 0 Å². The number of rotatable bonds is 6. The Morgan fingerprint density at radius 2 is 1.65 bits per heavy atom. The molecule has 118 valence electrons. The molecule has 1 aliphatic heterocycles. The molecule has 0 spiro atoms. The number of hydrogen-bond acceptors (Lipinski definition) is 5. The number of nitrogens with zero attached hydrogens (tertiary/aromatic N) is 1. The van der Waals surface area contributed by atoms with Crippen molar-refractivity contribution in [2.24, 2.45) is 5.41 Å². The average molecular weight is 327 g/mol. The van der Waals surface area contributed by atoms with E-state index in [2.05, 4.69) is 0 Å². The van der Waals surface area contributed by atoms with E-state index in [1.54, 1.807) is 6.92 Å². The molecule has 1 saturated heterocycles. The summed E-state index contributed by atoms with van der Waals surface area (Å²) < 4.78 is 47.3. The highest BCUT2D eigenvalue weighted by Gasteiger charge is 2.42. The monoisotopic (exact) mass is 327 g/mol. The molecule has 9 heteroatoms. The topological polar surface area (TPSA) is 109 Å². The van der Waals surface area contributed by atoms with Gasteiger partial charge in [-0.05, 0) is 19.3 Å². The second-order valence-corrected chi connectivity index (χ2v) is 9.63. The van der Waals surface area contributed by atoms with Crippen LogP contribution >= 0.6 is 0 Å². The average Bonchev–Trinajstić information content (AvgIpc) is 2.35. The lowest BCUT2D eigenvalue weighted by Crippen LogP contribution is -2.47. The predicted molar refractivity (Wildman–Crippen MR) is 74.7 cm³/mol. The van der Waals surface area contributed by atoms with Gasteiger partial charge in [-0.1, -0.05) is 6.92 Å². The van der Waals surface area contributed by atoms with Crippen molar-refractivity contribution in [1.29, 1.82) is 0 Å². The number of hydrogen-bond donors (Lipinski definition) is 1. The van der Waals surface area contributed by atoms with Crippen molar-refractivity contribution in [1.82, 2.24) is 4.31 Å². The normalized spacial score (nSPS) is 20.7. The number of piperidine rings is 1. The largest absolute Gasteiger partial charge is 0.481 e. The summed E-state index contributed by atoms with van der Waals surface area (Å²) in [7, 11) is -6.98. The second-order valence-electron chi connectivity index (χ2n) is 5.28. The van der Waals surface area contributed by atoms with Crippen LogP contribution in [0.4, 0.5) is 0 Å². The maximum atomic E-state index is 12.0. The van der Waals surface area contributed by atoms with Crippen LogP contribution in [0.1, 0.15) is 26.2 Å². The Hall–Kier alpha value is -0.670. The Labute approximate surface area is 119 Å².